The predicted octanol–water partition coefficient (Wildman–Crippen LogP) is 4.53. The van der Waals surface area contributed by atoms with E-state index in [0.717, 1.165) is 25.6 Å². The van der Waals surface area contributed by atoms with Crippen molar-refractivity contribution in [2.24, 2.45) is 0 Å². The number of amides is 1. The zero-order valence-electron chi connectivity index (χ0n) is 16.5. The fourth-order valence-corrected chi connectivity index (χ4v) is 4.23. The van der Waals surface area contributed by atoms with Gasteiger partial charge in [-0.1, -0.05) is 6.07 Å². The summed E-state index contributed by atoms with van der Waals surface area (Å²) in [7, 11) is 0. The molecular formula is C20H20BrF3N6O. The van der Waals surface area contributed by atoms with Crippen LogP contribution in [0.3, 0.4) is 0 Å². The van der Waals surface area contributed by atoms with Crippen LogP contribution in [0.15, 0.2) is 29.0 Å². The molecule has 0 aliphatic carbocycles. The van der Waals surface area contributed by atoms with Crippen molar-refractivity contribution in [2.45, 2.75) is 32.0 Å². The fourth-order valence-electron chi connectivity index (χ4n) is 3.67. The fraction of sp³-hybridized carbons (Fsp3) is 0.350. The lowest BCUT2D eigenvalue weighted by atomic mass is 10.1. The molecule has 0 bridgehead atoms. The van der Waals surface area contributed by atoms with Crippen molar-refractivity contribution in [1.82, 2.24) is 20.3 Å². The molecule has 4 N–H and O–H groups in total. The molecule has 0 saturated carbocycles. The molecule has 7 nitrogen and oxygen atoms in total. The molecule has 0 spiro atoms. The summed E-state index contributed by atoms with van der Waals surface area (Å²) >= 11 is 3.41. The maximum Gasteiger partial charge on any atom is 0.419 e. The van der Waals surface area contributed by atoms with Gasteiger partial charge in [0.2, 0.25) is 11.9 Å². The van der Waals surface area contributed by atoms with E-state index in [-0.39, 0.29) is 23.6 Å². The Morgan fingerprint density at radius 1 is 1.32 bits per heavy atom. The van der Waals surface area contributed by atoms with Gasteiger partial charge in [0.15, 0.2) is 0 Å². The van der Waals surface area contributed by atoms with Crippen molar-refractivity contribution in [3.63, 3.8) is 0 Å². The second-order valence-electron chi connectivity index (χ2n) is 7.37. The number of anilines is 2. The zero-order chi connectivity index (χ0) is 22.2. The van der Waals surface area contributed by atoms with Gasteiger partial charge in [-0.15, -0.1) is 0 Å². The molecule has 1 atom stereocenters. The Kier molecular flexibility index (Phi) is 5.89. The smallest absolute Gasteiger partial charge is 0.360 e. The molecule has 0 unspecified atom stereocenters. The number of piperidine rings is 1. The number of rotatable bonds is 4. The van der Waals surface area contributed by atoms with Gasteiger partial charge in [-0.2, -0.15) is 13.2 Å². The minimum atomic E-state index is -4.61. The molecule has 3 heterocycles. The first-order valence-corrected chi connectivity index (χ1v) is 10.5. The van der Waals surface area contributed by atoms with Gasteiger partial charge in [0.25, 0.3) is 0 Å². The van der Waals surface area contributed by atoms with Crippen LogP contribution in [0, 0.1) is 0 Å². The molecule has 0 radical (unpaired) electrons. The molecule has 3 aromatic rings. The molecule has 1 aromatic carbocycles. The number of H-pyrrole nitrogens is 1. The molecule has 1 amide bonds. The van der Waals surface area contributed by atoms with Crippen molar-refractivity contribution in [3.05, 3.63) is 34.6 Å². The lowest BCUT2D eigenvalue weighted by Gasteiger charge is -2.24. The topological polar surface area (TPSA) is 94.7 Å². The number of nitrogens with one attached hydrogen (secondary N) is 4. The van der Waals surface area contributed by atoms with Crippen LogP contribution in [0.1, 0.15) is 25.3 Å². The van der Waals surface area contributed by atoms with Crippen molar-refractivity contribution in [1.29, 1.82) is 0 Å². The van der Waals surface area contributed by atoms with E-state index in [1.165, 1.54) is 13.1 Å². The molecule has 31 heavy (non-hydrogen) atoms. The lowest BCUT2D eigenvalue weighted by molar-refractivity contribution is -0.137. The zero-order valence-corrected chi connectivity index (χ0v) is 18.1. The average molecular weight is 497 g/mol. The van der Waals surface area contributed by atoms with Crippen molar-refractivity contribution in [2.75, 3.05) is 23.7 Å². The van der Waals surface area contributed by atoms with Gasteiger partial charge in [0, 0.05) is 42.9 Å². The van der Waals surface area contributed by atoms with Crippen molar-refractivity contribution >= 4 is 44.4 Å². The quantitative estimate of drug-likeness (QED) is 0.425. The first-order chi connectivity index (χ1) is 14.7. The van der Waals surface area contributed by atoms with E-state index in [1.807, 2.05) is 0 Å². The minimum Gasteiger partial charge on any atom is -0.360 e. The minimum absolute atomic E-state index is 0.0515. The Balaban J connectivity index is 1.79. The molecule has 4 rings (SSSR count). The van der Waals surface area contributed by atoms with Crippen LogP contribution >= 0.6 is 15.9 Å². The third-order valence-corrected chi connectivity index (χ3v) is 5.91. The summed E-state index contributed by atoms with van der Waals surface area (Å²) in [6.07, 6.45) is -0.453. The van der Waals surface area contributed by atoms with Crippen LogP contribution in [0.4, 0.5) is 24.8 Å². The highest BCUT2D eigenvalue weighted by atomic mass is 79.9. The van der Waals surface area contributed by atoms with E-state index in [2.05, 4.69) is 46.8 Å². The van der Waals surface area contributed by atoms with Gasteiger partial charge in [0.1, 0.15) is 5.56 Å². The monoisotopic (exact) mass is 496 g/mol. The Bertz CT molecular complexity index is 1120. The number of hydrogen-bond acceptors (Lipinski definition) is 5. The maximum absolute atomic E-state index is 13.7. The van der Waals surface area contributed by atoms with E-state index in [0.29, 0.717) is 33.2 Å². The molecule has 164 valence electrons. The van der Waals surface area contributed by atoms with E-state index in [1.54, 1.807) is 12.1 Å². The number of aromatic amines is 1. The van der Waals surface area contributed by atoms with Crippen molar-refractivity contribution in [3.8, 4) is 11.3 Å². The van der Waals surface area contributed by atoms with Gasteiger partial charge in [-0.25, -0.2) is 9.97 Å². The average Bonchev–Trinajstić information content (AvgIpc) is 3.14. The number of halogens is 4. The summed E-state index contributed by atoms with van der Waals surface area (Å²) in [5.74, 6) is -0.102. The number of carbonyl (C=O) groups excluding carboxylic acids is 1. The van der Waals surface area contributed by atoms with E-state index in [4.69, 9.17) is 0 Å². The third-order valence-electron chi connectivity index (χ3n) is 5.08. The maximum atomic E-state index is 13.7. The Hall–Kier alpha value is -2.66. The van der Waals surface area contributed by atoms with Crippen LogP contribution in [0.25, 0.3) is 22.2 Å². The van der Waals surface area contributed by atoms with Crippen LogP contribution in [0.5, 0.6) is 0 Å². The Morgan fingerprint density at radius 3 is 2.81 bits per heavy atom. The van der Waals surface area contributed by atoms with Gasteiger partial charge in [0.05, 0.1) is 21.4 Å². The van der Waals surface area contributed by atoms with Crippen LogP contribution in [-0.4, -0.2) is 40.0 Å². The predicted molar refractivity (Wildman–Crippen MR) is 116 cm³/mol. The first-order valence-electron chi connectivity index (χ1n) is 9.73. The number of benzene rings is 1. The van der Waals surface area contributed by atoms with Crippen LogP contribution in [0.2, 0.25) is 0 Å². The van der Waals surface area contributed by atoms with E-state index >= 15 is 0 Å². The summed E-state index contributed by atoms with van der Waals surface area (Å²) < 4.78 is 41.8. The standard InChI is InChI=1S/C20H20BrF3N6O/c1-10(31)28-15-5-4-12-13(8-26-18(12)16(15)21)17-14(20(22,23)24)9-27-19(30-17)29-11-3-2-6-25-7-11/h4-5,8-9,11,25-26H,2-3,6-7H2,1H3,(H,28,31)(H,27,29,30)/t11-/m0/s1. The van der Waals surface area contributed by atoms with Crippen LogP contribution in [-0.2, 0) is 11.0 Å². The number of carbonyl (C=O) groups is 1. The van der Waals surface area contributed by atoms with Crippen LogP contribution < -0.4 is 16.0 Å². The first kappa shape index (κ1) is 21.6. The number of aromatic nitrogens is 3. The summed E-state index contributed by atoms with van der Waals surface area (Å²) in [6.45, 7) is 3.00. The largest absolute Gasteiger partial charge is 0.419 e. The third kappa shape index (κ3) is 4.52. The number of nitrogens with zero attached hydrogens (tertiary/aromatic N) is 2. The van der Waals surface area contributed by atoms with Gasteiger partial charge in [-0.05, 0) is 41.4 Å². The van der Waals surface area contributed by atoms with Gasteiger partial charge in [-0.3, -0.25) is 4.79 Å². The van der Waals surface area contributed by atoms with E-state index < -0.39 is 11.7 Å². The molecular weight excluding hydrogens is 477 g/mol. The molecule has 1 aliphatic heterocycles. The summed E-state index contributed by atoms with van der Waals surface area (Å²) in [4.78, 5) is 22.5. The van der Waals surface area contributed by atoms with Crippen molar-refractivity contribution < 1.29 is 18.0 Å². The summed E-state index contributed by atoms with van der Waals surface area (Å²) in [6, 6.07) is 3.33. The molecule has 2 aromatic heterocycles. The number of fused-ring (bicyclic) bond motifs is 1. The molecule has 1 saturated heterocycles. The molecule has 1 aliphatic rings. The molecule has 1 fully saturated rings. The summed E-state index contributed by atoms with van der Waals surface area (Å²) in [5.41, 5.74) is 0.241. The summed E-state index contributed by atoms with van der Waals surface area (Å²) in [5, 5.41) is 9.59. The number of alkyl halides is 3. The van der Waals surface area contributed by atoms with Gasteiger partial charge < -0.3 is 20.9 Å². The second-order valence-corrected chi connectivity index (χ2v) is 8.17. The highest BCUT2D eigenvalue weighted by molar-refractivity contribution is 9.10. The molecule has 11 heteroatoms. The second kappa shape index (κ2) is 8.46. The highest BCUT2D eigenvalue weighted by Crippen LogP contribution is 2.41. The normalized spacial score (nSPS) is 17.0. The lowest BCUT2D eigenvalue weighted by Crippen LogP contribution is -2.38. The van der Waals surface area contributed by atoms with E-state index in [9.17, 15) is 18.0 Å². The Morgan fingerprint density at radius 2 is 2.13 bits per heavy atom. The number of hydrogen-bond donors (Lipinski definition) is 4. The highest BCUT2D eigenvalue weighted by Gasteiger charge is 2.36. The van der Waals surface area contributed by atoms with Gasteiger partial charge >= 0.3 is 6.18 Å². The Labute approximate surface area is 184 Å². The SMILES string of the molecule is CC(=O)Nc1ccc2c(-c3nc(N[C@H]4CCCNC4)ncc3C(F)(F)F)c[nH]c2c1Br.